The van der Waals surface area contributed by atoms with Gasteiger partial charge in [0.1, 0.15) is 0 Å². The van der Waals surface area contributed by atoms with Crippen LogP contribution in [-0.4, -0.2) is 50.7 Å². The van der Waals surface area contributed by atoms with Gasteiger partial charge < -0.3 is 10.6 Å². The Hall–Kier alpha value is -1.64. The lowest BCUT2D eigenvalue weighted by atomic mass is 9.94. The zero-order valence-electron chi connectivity index (χ0n) is 15.8. The minimum Gasteiger partial charge on any atom is -0.355 e. The van der Waals surface area contributed by atoms with Crippen LogP contribution in [0.4, 0.5) is 0 Å². The molecule has 1 fully saturated rings. The van der Waals surface area contributed by atoms with E-state index in [1.807, 2.05) is 13.8 Å². The van der Waals surface area contributed by atoms with Crippen molar-refractivity contribution >= 4 is 33.4 Å². The molecule has 0 bridgehead atoms. The van der Waals surface area contributed by atoms with Crippen molar-refractivity contribution in [3.63, 3.8) is 0 Å². The molecule has 1 aliphatic heterocycles. The molecule has 7 nitrogen and oxygen atoms in total. The number of sulfonamides is 1. The van der Waals surface area contributed by atoms with Gasteiger partial charge >= 0.3 is 0 Å². The number of rotatable bonds is 6. The second-order valence-corrected chi connectivity index (χ2v) is 9.49. The molecule has 1 aliphatic rings. The zero-order valence-corrected chi connectivity index (χ0v) is 17.4. The van der Waals surface area contributed by atoms with Crippen LogP contribution in [-0.2, 0) is 14.8 Å². The quantitative estimate of drug-likeness (QED) is 0.693. The summed E-state index contributed by atoms with van der Waals surface area (Å²) in [7, 11) is -3.70. The number of carbonyl (C=O) groups is 2. The van der Waals surface area contributed by atoms with Crippen molar-refractivity contribution in [2.24, 2.45) is 11.8 Å². The van der Waals surface area contributed by atoms with Crippen molar-refractivity contribution in [2.75, 3.05) is 26.2 Å². The first-order chi connectivity index (χ1) is 12.6. The van der Waals surface area contributed by atoms with Crippen molar-refractivity contribution in [1.29, 1.82) is 0 Å². The number of nitrogens with one attached hydrogen (secondary N) is 2. The van der Waals surface area contributed by atoms with E-state index in [0.29, 0.717) is 13.1 Å². The Bertz CT molecular complexity index is 803. The van der Waals surface area contributed by atoms with E-state index >= 15 is 0 Å². The highest BCUT2D eigenvalue weighted by Crippen LogP contribution is 2.28. The van der Waals surface area contributed by atoms with Crippen LogP contribution in [0, 0.1) is 11.8 Å². The van der Waals surface area contributed by atoms with Gasteiger partial charge in [-0.05, 0) is 36.5 Å². The fraction of sp³-hybridized carbons (Fsp3) is 0.556. The van der Waals surface area contributed by atoms with Crippen molar-refractivity contribution in [1.82, 2.24) is 14.9 Å². The molecule has 2 atom stereocenters. The van der Waals surface area contributed by atoms with Crippen molar-refractivity contribution in [3.8, 4) is 0 Å². The molecule has 0 radical (unpaired) electrons. The number of hydrogen-bond donors (Lipinski definition) is 2. The van der Waals surface area contributed by atoms with Crippen LogP contribution >= 0.6 is 11.6 Å². The summed E-state index contributed by atoms with van der Waals surface area (Å²) < 4.78 is 27.5. The van der Waals surface area contributed by atoms with Crippen LogP contribution in [0.1, 0.15) is 37.6 Å². The van der Waals surface area contributed by atoms with Gasteiger partial charge in [-0.25, -0.2) is 8.42 Å². The van der Waals surface area contributed by atoms with Gasteiger partial charge in [0.25, 0.3) is 5.91 Å². The van der Waals surface area contributed by atoms with Crippen LogP contribution in [0.25, 0.3) is 0 Å². The molecule has 1 saturated heterocycles. The van der Waals surface area contributed by atoms with E-state index in [0.717, 1.165) is 6.42 Å². The smallest absolute Gasteiger partial charge is 0.252 e. The minimum atomic E-state index is -3.70. The SMILES string of the molecule is CC(=O)NCCNC(=O)c1cc(S(=O)(=O)N2C[C@H](C)C[C@@H](C)C2)ccc1Cl. The summed E-state index contributed by atoms with van der Waals surface area (Å²) in [5.41, 5.74) is 0.0960. The Kier molecular flexibility index (Phi) is 7.25. The fourth-order valence-electron chi connectivity index (χ4n) is 3.30. The van der Waals surface area contributed by atoms with E-state index in [1.54, 1.807) is 0 Å². The number of amides is 2. The summed E-state index contributed by atoms with van der Waals surface area (Å²) in [6.07, 6.45) is 0.995. The van der Waals surface area contributed by atoms with Crippen LogP contribution in [0.5, 0.6) is 0 Å². The van der Waals surface area contributed by atoms with E-state index in [2.05, 4.69) is 10.6 Å². The van der Waals surface area contributed by atoms with E-state index < -0.39 is 15.9 Å². The van der Waals surface area contributed by atoms with E-state index in [1.165, 1.54) is 29.4 Å². The molecule has 0 aromatic heterocycles. The highest BCUT2D eigenvalue weighted by molar-refractivity contribution is 7.89. The van der Waals surface area contributed by atoms with E-state index in [-0.39, 0.29) is 46.3 Å². The first kappa shape index (κ1) is 21.7. The molecule has 1 aromatic rings. The van der Waals surface area contributed by atoms with Gasteiger partial charge in [0.2, 0.25) is 15.9 Å². The zero-order chi connectivity index (χ0) is 20.2. The molecule has 0 saturated carbocycles. The Morgan fingerprint density at radius 1 is 1.15 bits per heavy atom. The topological polar surface area (TPSA) is 95.6 Å². The number of carbonyl (C=O) groups excluding carboxylic acids is 2. The number of hydrogen-bond acceptors (Lipinski definition) is 4. The summed E-state index contributed by atoms with van der Waals surface area (Å²) >= 11 is 6.10. The second-order valence-electron chi connectivity index (χ2n) is 7.15. The van der Waals surface area contributed by atoms with Crippen molar-refractivity contribution in [2.45, 2.75) is 32.1 Å². The second kappa shape index (κ2) is 9.03. The van der Waals surface area contributed by atoms with E-state index in [4.69, 9.17) is 11.6 Å². The Morgan fingerprint density at radius 2 is 1.74 bits per heavy atom. The summed E-state index contributed by atoms with van der Waals surface area (Å²) in [6.45, 7) is 6.88. The maximum Gasteiger partial charge on any atom is 0.252 e. The average molecular weight is 416 g/mol. The van der Waals surface area contributed by atoms with Gasteiger partial charge in [0.05, 0.1) is 15.5 Å². The molecular formula is C18H26ClN3O4S. The third-order valence-electron chi connectivity index (χ3n) is 4.44. The Morgan fingerprint density at radius 3 is 2.33 bits per heavy atom. The molecule has 0 spiro atoms. The average Bonchev–Trinajstić information content (AvgIpc) is 2.57. The Labute approximate surface area is 165 Å². The largest absolute Gasteiger partial charge is 0.355 e. The number of piperidine rings is 1. The monoisotopic (exact) mass is 415 g/mol. The van der Waals surface area contributed by atoms with Gasteiger partial charge in [0.15, 0.2) is 0 Å². The van der Waals surface area contributed by atoms with Gasteiger partial charge in [-0.1, -0.05) is 25.4 Å². The van der Waals surface area contributed by atoms with Crippen molar-refractivity contribution in [3.05, 3.63) is 28.8 Å². The van der Waals surface area contributed by atoms with Gasteiger partial charge in [-0.3, -0.25) is 9.59 Å². The maximum absolute atomic E-state index is 13.0. The normalized spacial score (nSPS) is 20.9. The van der Waals surface area contributed by atoms with Gasteiger partial charge in [-0.2, -0.15) is 4.31 Å². The lowest BCUT2D eigenvalue weighted by Crippen LogP contribution is -2.42. The third kappa shape index (κ3) is 5.67. The Balaban J connectivity index is 2.18. The molecule has 9 heteroatoms. The molecule has 1 aromatic carbocycles. The standard InChI is InChI=1S/C18H26ClN3O4S/c1-12-8-13(2)11-22(10-12)27(25,26)15-4-5-17(19)16(9-15)18(24)21-7-6-20-14(3)23/h4-5,9,12-13H,6-8,10-11H2,1-3H3,(H,20,23)(H,21,24)/t12-,13-/m1/s1. The van der Waals surface area contributed by atoms with Crippen LogP contribution in [0.2, 0.25) is 5.02 Å². The number of halogens is 1. The molecule has 0 unspecified atom stereocenters. The maximum atomic E-state index is 13.0. The first-order valence-corrected chi connectivity index (χ1v) is 10.8. The summed E-state index contributed by atoms with van der Waals surface area (Å²) in [4.78, 5) is 23.3. The molecule has 0 aliphatic carbocycles. The highest BCUT2D eigenvalue weighted by Gasteiger charge is 2.32. The minimum absolute atomic E-state index is 0.0558. The summed E-state index contributed by atoms with van der Waals surface area (Å²) in [5, 5.41) is 5.36. The summed E-state index contributed by atoms with van der Waals surface area (Å²) in [6, 6.07) is 4.17. The molecular weight excluding hydrogens is 390 g/mol. The fourth-order valence-corrected chi connectivity index (χ4v) is 5.21. The first-order valence-electron chi connectivity index (χ1n) is 8.93. The lowest BCUT2D eigenvalue weighted by molar-refractivity contribution is -0.118. The molecule has 2 amide bonds. The molecule has 1 heterocycles. The van der Waals surface area contributed by atoms with E-state index in [9.17, 15) is 18.0 Å². The van der Waals surface area contributed by atoms with Crippen molar-refractivity contribution < 1.29 is 18.0 Å². The number of benzene rings is 1. The summed E-state index contributed by atoms with van der Waals surface area (Å²) in [5.74, 6) is -0.108. The predicted octanol–water partition coefficient (Wildman–Crippen LogP) is 1.87. The molecule has 2 N–H and O–H groups in total. The van der Waals surface area contributed by atoms with Gasteiger partial charge in [0, 0.05) is 33.1 Å². The molecule has 150 valence electrons. The molecule has 27 heavy (non-hydrogen) atoms. The molecule has 2 rings (SSSR count). The van der Waals surface area contributed by atoms with Crippen LogP contribution in [0.3, 0.4) is 0 Å². The highest BCUT2D eigenvalue weighted by atomic mass is 35.5. The third-order valence-corrected chi connectivity index (χ3v) is 6.60. The lowest BCUT2D eigenvalue weighted by Gasteiger charge is -2.34. The predicted molar refractivity (Wildman–Crippen MR) is 104 cm³/mol. The van der Waals surface area contributed by atoms with Crippen LogP contribution < -0.4 is 10.6 Å². The van der Waals surface area contributed by atoms with Crippen LogP contribution in [0.15, 0.2) is 23.1 Å². The number of nitrogens with zero attached hydrogens (tertiary/aromatic N) is 1. The van der Waals surface area contributed by atoms with Gasteiger partial charge in [-0.15, -0.1) is 0 Å².